The molecule has 8 heteroatoms. The summed E-state index contributed by atoms with van der Waals surface area (Å²) in [5.74, 6) is 2.40. The molecule has 26 heavy (non-hydrogen) atoms. The number of nitrogens with one attached hydrogen (secondary N) is 1. The molecule has 1 unspecified atom stereocenters. The number of amides is 1. The molecule has 4 nitrogen and oxygen atoms in total. The van der Waals surface area contributed by atoms with E-state index in [-0.39, 0.29) is 11.6 Å². The van der Waals surface area contributed by atoms with Crippen LogP contribution in [0.3, 0.4) is 0 Å². The zero-order valence-corrected chi connectivity index (χ0v) is 14.8. The maximum atomic E-state index is 12.6. The summed E-state index contributed by atoms with van der Waals surface area (Å²) in [6, 6.07) is 7.80. The fourth-order valence-electron chi connectivity index (χ4n) is 2.88. The average molecular weight is 384 g/mol. The molecule has 1 fully saturated rings. The summed E-state index contributed by atoms with van der Waals surface area (Å²) in [6.45, 7) is 2.12. The number of carbonyl (C=O) groups excluding carboxylic acids is 1. The van der Waals surface area contributed by atoms with Gasteiger partial charge in [-0.05, 0) is 36.4 Å². The van der Waals surface area contributed by atoms with Crippen LogP contribution < -0.4 is 5.32 Å². The lowest BCUT2D eigenvalue weighted by molar-refractivity contribution is -0.137. The number of alkyl halides is 3. The molecule has 3 rings (SSSR count). The fourth-order valence-corrected chi connectivity index (χ4v) is 3.81. The van der Waals surface area contributed by atoms with Gasteiger partial charge in [-0.1, -0.05) is 0 Å². The number of halogens is 3. The maximum absolute atomic E-state index is 12.6. The van der Waals surface area contributed by atoms with Gasteiger partial charge in [0, 0.05) is 36.7 Å². The summed E-state index contributed by atoms with van der Waals surface area (Å²) in [7, 11) is 0. The van der Waals surface area contributed by atoms with Crippen molar-refractivity contribution in [2.45, 2.75) is 12.2 Å². The summed E-state index contributed by atoms with van der Waals surface area (Å²) in [5, 5.41) is 2.81. The molecule has 1 aromatic heterocycles. The second-order valence-corrected chi connectivity index (χ2v) is 7.19. The number of hydrogen-bond donors (Lipinski definition) is 1. The van der Waals surface area contributed by atoms with Crippen LogP contribution in [0, 0.1) is 0 Å². The molecule has 1 atom stereocenters. The molecule has 0 saturated carbocycles. The van der Waals surface area contributed by atoms with Crippen LogP contribution in [0.4, 0.5) is 13.2 Å². The highest BCUT2D eigenvalue weighted by Gasteiger charge is 2.30. The highest BCUT2D eigenvalue weighted by molar-refractivity contribution is 7.99. The van der Waals surface area contributed by atoms with Gasteiger partial charge >= 0.3 is 6.18 Å². The Kier molecular flexibility index (Phi) is 5.93. The second-order valence-electron chi connectivity index (χ2n) is 5.96. The molecule has 1 aliphatic rings. The Morgan fingerprint density at radius 3 is 2.46 bits per heavy atom. The third kappa shape index (κ3) is 4.62. The molecule has 2 aromatic rings. The predicted molar refractivity (Wildman–Crippen MR) is 94.1 cm³/mol. The standard InChI is InChI=1S/C18H19F3N2O2S/c19-18(20,21)14-5-3-13(4-6-14)17(24)22-12-15(16-2-1-9-25-16)23-7-10-26-11-8-23/h1-6,9,15H,7-8,10-12H2,(H,22,24). The molecule has 1 amide bonds. The molecule has 0 bridgehead atoms. The lowest BCUT2D eigenvalue weighted by Crippen LogP contribution is -2.41. The van der Waals surface area contributed by atoms with Gasteiger partial charge in [0.1, 0.15) is 5.76 Å². The summed E-state index contributed by atoms with van der Waals surface area (Å²) in [6.07, 6.45) is -2.82. The number of carbonyl (C=O) groups is 1. The van der Waals surface area contributed by atoms with Crippen molar-refractivity contribution < 1.29 is 22.4 Å². The van der Waals surface area contributed by atoms with Crippen LogP contribution in [0.2, 0.25) is 0 Å². The highest BCUT2D eigenvalue weighted by Crippen LogP contribution is 2.29. The van der Waals surface area contributed by atoms with Gasteiger partial charge in [-0.25, -0.2) is 0 Å². The summed E-state index contributed by atoms with van der Waals surface area (Å²) < 4.78 is 43.4. The predicted octanol–water partition coefficient (Wildman–Crippen LogP) is 3.82. The van der Waals surface area contributed by atoms with E-state index >= 15 is 0 Å². The molecular weight excluding hydrogens is 365 g/mol. The molecule has 1 saturated heterocycles. The first-order chi connectivity index (χ1) is 12.4. The summed E-state index contributed by atoms with van der Waals surface area (Å²) in [5.41, 5.74) is -0.571. The molecule has 0 radical (unpaired) electrons. The first kappa shape index (κ1) is 18.8. The average Bonchev–Trinajstić information content (AvgIpc) is 3.16. The minimum Gasteiger partial charge on any atom is -0.468 e. The van der Waals surface area contributed by atoms with Crippen LogP contribution >= 0.6 is 11.8 Å². The molecule has 1 aromatic carbocycles. The van der Waals surface area contributed by atoms with Crippen LogP contribution in [0.25, 0.3) is 0 Å². The monoisotopic (exact) mass is 384 g/mol. The number of nitrogens with zero attached hydrogens (tertiary/aromatic N) is 1. The zero-order valence-electron chi connectivity index (χ0n) is 14.0. The van der Waals surface area contributed by atoms with Gasteiger partial charge in [0.2, 0.25) is 0 Å². The van der Waals surface area contributed by atoms with Gasteiger partial charge in [0.05, 0.1) is 17.9 Å². The Balaban J connectivity index is 1.65. The van der Waals surface area contributed by atoms with Gasteiger partial charge in [-0.3, -0.25) is 9.69 Å². The number of furan rings is 1. The summed E-state index contributed by atoms with van der Waals surface area (Å²) in [4.78, 5) is 14.6. The van der Waals surface area contributed by atoms with Gasteiger partial charge in [-0.2, -0.15) is 24.9 Å². The van der Waals surface area contributed by atoms with E-state index in [1.807, 2.05) is 17.8 Å². The van der Waals surface area contributed by atoms with Gasteiger partial charge in [-0.15, -0.1) is 0 Å². The third-order valence-electron chi connectivity index (χ3n) is 4.29. The first-order valence-corrected chi connectivity index (χ1v) is 9.41. The van der Waals surface area contributed by atoms with E-state index in [0.717, 1.165) is 42.5 Å². The molecule has 1 N–H and O–H groups in total. The molecular formula is C18H19F3N2O2S. The van der Waals surface area contributed by atoms with Crippen molar-refractivity contribution in [3.8, 4) is 0 Å². The smallest absolute Gasteiger partial charge is 0.416 e. The fraction of sp³-hybridized carbons (Fsp3) is 0.389. The van der Waals surface area contributed by atoms with Crippen molar-refractivity contribution in [3.63, 3.8) is 0 Å². The Hall–Kier alpha value is -1.93. The number of hydrogen-bond acceptors (Lipinski definition) is 4. The largest absolute Gasteiger partial charge is 0.468 e. The normalized spacial score (nSPS) is 17.0. The Labute approximate surface area is 153 Å². The first-order valence-electron chi connectivity index (χ1n) is 8.26. The van der Waals surface area contributed by atoms with Crippen molar-refractivity contribution in [2.75, 3.05) is 31.1 Å². The van der Waals surface area contributed by atoms with E-state index in [2.05, 4.69) is 10.2 Å². The SMILES string of the molecule is O=C(NCC(c1ccco1)N1CCSCC1)c1ccc(C(F)(F)F)cc1. The molecule has 0 spiro atoms. The minimum absolute atomic E-state index is 0.0932. The van der Waals surface area contributed by atoms with Crippen molar-refractivity contribution in [1.82, 2.24) is 10.2 Å². The number of benzene rings is 1. The van der Waals surface area contributed by atoms with Crippen molar-refractivity contribution >= 4 is 17.7 Å². The number of thioether (sulfide) groups is 1. The van der Waals surface area contributed by atoms with Crippen molar-refractivity contribution in [1.29, 1.82) is 0 Å². The lowest BCUT2D eigenvalue weighted by atomic mass is 10.1. The Morgan fingerprint density at radius 2 is 1.88 bits per heavy atom. The number of rotatable bonds is 5. The topological polar surface area (TPSA) is 45.5 Å². The molecule has 1 aliphatic heterocycles. The zero-order chi connectivity index (χ0) is 18.6. The van der Waals surface area contributed by atoms with Crippen molar-refractivity contribution in [3.05, 3.63) is 59.5 Å². The van der Waals surface area contributed by atoms with Crippen LogP contribution in [-0.2, 0) is 6.18 Å². The molecule has 0 aliphatic carbocycles. The van der Waals surface area contributed by atoms with E-state index in [9.17, 15) is 18.0 Å². The van der Waals surface area contributed by atoms with Gasteiger partial charge in [0.15, 0.2) is 0 Å². The summed E-state index contributed by atoms with van der Waals surface area (Å²) >= 11 is 1.89. The van der Waals surface area contributed by atoms with E-state index in [1.165, 1.54) is 12.1 Å². The van der Waals surface area contributed by atoms with E-state index in [4.69, 9.17) is 4.42 Å². The quantitative estimate of drug-likeness (QED) is 0.851. The minimum atomic E-state index is -4.41. The second kappa shape index (κ2) is 8.18. The lowest BCUT2D eigenvalue weighted by Gasteiger charge is -2.33. The van der Waals surface area contributed by atoms with Gasteiger partial charge in [0.25, 0.3) is 5.91 Å². The van der Waals surface area contributed by atoms with Crippen LogP contribution in [0.5, 0.6) is 0 Å². The van der Waals surface area contributed by atoms with E-state index in [0.29, 0.717) is 6.54 Å². The van der Waals surface area contributed by atoms with Crippen LogP contribution in [-0.4, -0.2) is 41.9 Å². The van der Waals surface area contributed by atoms with E-state index < -0.39 is 17.6 Å². The highest BCUT2D eigenvalue weighted by atomic mass is 32.2. The van der Waals surface area contributed by atoms with E-state index in [1.54, 1.807) is 12.3 Å². The van der Waals surface area contributed by atoms with Crippen molar-refractivity contribution in [2.24, 2.45) is 0 Å². The van der Waals surface area contributed by atoms with Crippen LogP contribution in [0.15, 0.2) is 47.1 Å². The molecule has 140 valence electrons. The third-order valence-corrected chi connectivity index (χ3v) is 5.23. The molecule has 2 heterocycles. The Bertz CT molecular complexity index is 711. The maximum Gasteiger partial charge on any atom is 0.416 e. The van der Waals surface area contributed by atoms with Gasteiger partial charge < -0.3 is 9.73 Å². The van der Waals surface area contributed by atoms with Crippen LogP contribution in [0.1, 0.15) is 27.7 Å². The Morgan fingerprint density at radius 1 is 1.19 bits per heavy atom.